The molecule has 108 valence electrons. The number of hydrogen-bond donors (Lipinski definition) is 1. The summed E-state index contributed by atoms with van der Waals surface area (Å²) in [6.07, 6.45) is 3.44. The van der Waals surface area contributed by atoms with E-state index in [4.69, 9.17) is 9.47 Å². The molecule has 1 unspecified atom stereocenters. The van der Waals surface area contributed by atoms with Crippen molar-refractivity contribution in [2.75, 3.05) is 33.4 Å². The Kier molecular flexibility index (Phi) is 5.15. The van der Waals surface area contributed by atoms with Gasteiger partial charge in [0.1, 0.15) is 6.04 Å². The molecule has 2 heterocycles. The minimum atomic E-state index is -0.259. The molecule has 0 aromatic heterocycles. The van der Waals surface area contributed by atoms with Crippen LogP contribution in [0.2, 0.25) is 0 Å². The topological polar surface area (TPSA) is 67.9 Å². The molecule has 6 nitrogen and oxygen atoms in total. The summed E-state index contributed by atoms with van der Waals surface area (Å²) in [5, 5.41) is 3.01. The van der Waals surface area contributed by atoms with Gasteiger partial charge in [0.2, 0.25) is 5.91 Å². The Morgan fingerprint density at radius 1 is 1.32 bits per heavy atom. The molecule has 19 heavy (non-hydrogen) atoms. The van der Waals surface area contributed by atoms with Crippen LogP contribution in [-0.4, -0.2) is 62.3 Å². The number of nitrogens with zero attached hydrogens (tertiary/aromatic N) is 1. The monoisotopic (exact) mass is 270 g/mol. The van der Waals surface area contributed by atoms with Crippen molar-refractivity contribution in [2.24, 2.45) is 0 Å². The number of hydrogen-bond acceptors (Lipinski definition) is 5. The van der Waals surface area contributed by atoms with Gasteiger partial charge in [-0.25, -0.2) is 0 Å². The van der Waals surface area contributed by atoms with Gasteiger partial charge in [-0.05, 0) is 32.2 Å². The van der Waals surface area contributed by atoms with Gasteiger partial charge < -0.3 is 14.8 Å². The Hall–Kier alpha value is -1.14. The Morgan fingerprint density at radius 2 is 2.05 bits per heavy atom. The summed E-state index contributed by atoms with van der Waals surface area (Å²) in [6, 6.07) is -0.0501. The number of esters is 1. The molecule has 2 rings (SSSR count). The molecule has 0 aromatic carbocycles. The van der Waals surface area contributed by atoms with Gasteiger partial charge in [-0.3, -0.25) is 14.5 Å². The second kappa shape index (κ2) is 6.86. The number of carbonyl (C=O) groups excluding carboxylic acids is 2. The minimum Gasteiger partial charge on any atom is -0.468 e. The summed E-state index contributed by atoms with van der Waals surface area (Å²) in [4.78, 5) is 25.5. The summed E-state index contributed by atoms with van der Waals surface area (Å²) >= 11 is 0. The van der Waals surface area contributed by atoms with Crippen molar-refractivity contribution in [3.63, 3.8) is 0 Å². The first kappa shape index (κ1) is 14.3. The zero-order valence-electron chi connectivity index (χ0n) is 11.4. The minimum absolute atomic E-state index is 0.0114. The van der Waals surface area contributed by atoms with E-state index in [1.807, 2.05) is 4.90 Å². The molecule has 1 amide bonds. The fraction of sp³-hybridized carbons (Fsp3) is 0.846. The molecule has 1 N–H and O–H groups in total. The smallest absolute Gasteiger partial charge is 0.323 e. The van der Waals surface area contributed by atoms with Gasteiger partial charge in [0.15, 0.2) is 0 Å². The largest absolute Gasteiger partial charge is 0.468 e. The number of amides is 1. The number of ether oxygens (including phenoxy) is 2. The number of carbonyl (C=O) groups is 2. The second-order valence-corrected chi connectivity index (χ2v) is 5.11. The molecule has 0 spiro atoms. The molecule has 2 saturated heterocycles. The van der Waals surface area contributed by atoms with Crippen molar-refractivity contribution >= 4 is 11.9 Å². The molecule has 0 bridgehead atoms. The Balaban J connectivity index is 1.79. The molecule has 0 aliphatic carbocycles. The molecule has 2 fully saturated rings. The normalized spacial score (nSPS) is 25.2. The first-order valence-electron chi connectivity index (χ1n) is 6.89. The fourth-order valence-corrected chi connectivity index (χ4v) is 2.72. The Morgan fingerprint density at radius 3 is 2.74 bits per heavy atom. The van der Waals surface area contributed by atoms with E-state index in [9.17, 15) is 9.59 Å². The lowest BCUT2D eigenvalue weighted by molar-refractivity contribution is -0.146. The SMILES string of the molecule is COC(=O)C1CCCN1CC(=O)NC1CCOCC1. The Labute approximate surface area is 113 Å². The first-order valence-corrected chi connectivity index (χ1v) is 6.89. The first-order chi connectivity index (χ1) is 9.20. The number of nitrogens with one attached hydrogen (secondary N) is 1. The maximum atomic E-state index is 12.0. The molecule has 1 atom stereocenters. The van der Waals surface area contributed by atoms with E-state index in [2.05, 4.69) is 5.32 Å². The van der Waals surface area contributed by atoms with Crippen LogP contribution in [0.3, 0.4) is 0 Å². The van der Waals surface area contributed by atoms with E-state index in [0.717, 1.165) is 32.2 Å². The zero-order chi connectivity index (χ0) is 13.7. The fourth-order valence-electron chi connectivity index (χ4n) is 2.72. The van der Waals surface area contributed by atoms with E-state index >= 15 is 0 Å². The highest BCUT2D eigenvalue weighted by molar-refractivity contribution is 5.81. The highest BCUT2D eigenvalue weighted by atomic mass is 16.5. The van der Waals surface area contributed by atoms with E-state index in [1.165, 1.54) is 7.11 Å². The average Bonchev–Trinajstić information content (AvgIpc) is 2.87. The van der Waals surface area contributed by atoms with Crippen molar-refractivity contribution in [1.82, 2.24) is 10.2 Å². The summed E-state index contributed by atoms with van der Waals surface area (Å²) in [5.41, 5.74) is 0. The lowest BCUT2D eigenvalue weighted by atomic mass is 10.1. The van der Waals surface area contributed by atoms with Crippen molar-refractivity contribution in [1.29, 1.82) is 0 Å². The second-order valence-electron chi connectivity index (χ2n) is 5.11. The maximum absolute atomic E-state index is 12.0. The third-order valence-electron chi connectivity index (χ3n) is 3.77. The molecule has 2 aliphatic rings. The van der Waals surface area contributed by atoms with E-state index in [1.54, 1.807) is 0 Å². The van der Waals surface area contributed by atoms with Crippen molar-refractivity contribution in [2.45, 2.75) is 37.8 Å². The van der Waals surface area contributed by atoms with E-state index < -0.39 is 0 Å². The summed E-state index contributed by atoms with van der Waals surface area (Å²) in [6.45, 7) is 2.47. The van der Waals surface area contributed by atoms with E-state index in [-0.39, 0.29) is 30.5 Å². The highest BCUT2D eigenvalue weighted by Gasteiger charge is 2.32. The van der Waals surface area contributed by atoms with Crippen LogP contribution >= 0.6 is 0 Å². The highest BCUT2D eigenvalue weighted by Crippen LogP contribution is 2.17. The van der Waals surface area contributed by atoms with Crippen LogP contribution in [0, 0.1) is 0 Å². The molecule has 2 aliphatic heterocycles. The van der Waals surface area contributed by atoms with Crippen molar-refractivity contribution < 1.29 is 19.1 Å². The third kappa shape index (κ3) is 3.91. The lowest BCUT2D eigenvalue weighted by Crippen LogP contribution is -2.47. The number of likely N-dealkylation sites (tertiary alicyclic amines) is 1. The molecule has 6 heteroatoms. The average molecular weight is 270 g/mol. The number of methoxy groups -OCH3 is 1. The molecule has 0 saturated carbocycles. The van der Waals surface area contributed by atoms with Gasteiger partial charge in [0, 0.05) is 19.3 Å². The van der Waals surface area contributed by atoms with Gasteiger partial charge in [0.25, 0.3) is 0 Å². The van der Waals surface area contributed by atoms with Crippen LogP contribution in [0.1, 0.15) is 25.7 Å². The maximum Gasteiger partial charge on any atom is 0.323 e. The standard InChI is InChI=1S/C13H22N2O4/c1-18-13(17)11-3-2-6-15(11)9-12(16)14-10-4-7-19-8-5-10/h10-11H,2-9H2,1H3,(H,14,16). The quantitative estimate of drug-likeness (QED) is 0.724. The van der Waals surface area contributed by atoms with Gasteiger partial charge in [0.05, 0.1) is 13.7 Å². The van der Waals surface area contributed by atoms with Gasteiger partial charge in [-0.1, -0.05) is 0 Å². The zero-order valence-corrected chi connectivity index (χ0v) is 11.4. The molecule has 0 aromatic rings. The number of rotatable bonds is 4. The van der Waals surface area contributed by atoms with Crippen LogP contribution in [0.15, 0.2) is 0 Å². The van der Waals surface area contributed by atoms with E-state index in [0.29, 0.717) is 13.2 Å². The summed E-state index contributed by atoms with van der Waals surface area (Å²) in [5.74, 6) is -0.251. The van der Waals surface area contributed by atoms with Gasteiger partial charge in [-0.2, -0.15) is 0 Å². The van der Waals surface area contributed by atoms with Crippen LogP contribution in [0.25, 0.3) is 0 Å². The lowest BCUT2D eigenvalue weighted by Gasteiger charge is -2.26. The van der Waals surface area contributed by atoms with Crippen molar-refractivity contribution in [3.05, 3.63) is 0 Å². The van der Waals surface area contributed by atoms with Crippen LogP contribution in [0.4, 0.5) is 0 Å². The molecular formula is C13H22N2O4. The van der Waals surface area contributed by atoms with Crippen LogP contribution in [-0.2, 0) is 19.1 Å². The van der Waals surface area contributed by atoms with Crippen LogP contribution < -0.4 is 5.32 Å². The Bertz CT molecular complexity index is 329. The van der Waals surface area contributed by atoms with Gasteiger partial charge in [-0.15, -0.1) is 0 Å². The molecule has 0 radical (unpaired) electrons. The summed E-state index contributed by atoms with van der Waals surface area (Å²) < 4.78 is 10.0. The predicted molar refractivity (Wildman–Crippen MR) is 68.6 cm³/mol. The summed E-state index contributed by atoms with van der Waals surface area (Å²) in [7, 11) is 1.39. The third-order valence-corrected chi connectivity index (χ3v) is 3.77. The van der Waals surface area contributed by atoms with Gasteiger partial charge >= 0.3 is 5.97 Å². The predicted octanol–water partition coefficient (Wildman–Crippen LogP) is -0.0810. The molecular weight excluding hydrogens is 248 g/mol. The van der Waals surface area contributed by atoms with Crippen molar-refractivity contribution in [3.8, 4) is 0 Å². The van der Waals surface area contributed by atoms with Crippen LogP contribution in [0.5, 0.6) is 0 Å².